The molecule has 0 aliphatic rings. The van der Waals surface area contributed by atoms with Gasteiger partial charge in [0.05, 0.1) is 12.2 Å². The molecule has 13 heteroatoms. The fourth-order valence-electron chi connectivity index (χ4n) is 2.10. The Bertz CT molecular complexity index is 1120. The first-order valence-corrected chi connectivity index (χ1v) is 11.0. The molecule has 0 aromatic carbocycles. The molecule has 0 amide bonds. The lowest BCUT2D eigenvalue weighted by atomic mass is 10.4. The fraction of sp³-hybridized carbons (Fsp3) is 0.286. The van der Waals surface area contributed by atoms with Gasteiger partial charge in [-0.05, 0) is 19.1 Å². The van der Waals surface area contributed by atoms with E-state index in [0.29, 0.717) is 5.76 Å². The molecule has 1 atom stereocenters. The normalized spacial score (nSPS) is 13.5. The van der Waals surface area contributed by atoms with Crippen LogP contribution in [0.3, 0.4) is 0 Å². The molecule has 10 nitrogen and oxygen atoms in total. The Morgan fingerprint density at radius 1 is 1.48 bits per heavy atom. The molecule has 0 bridgehead atoms. The maximum Gasteiger partial charge on any atom is 0.255 e. The van der Waals surface area contributed by atoms with Crippen molar-refractivity contribution in [2.24, 2.45) is 4.99 Å². The molecule has 3 N–H and O–H groups in total. The largest absolute Gasteiger partial charge is 0.548 e. The number of H-pyrrole nitrogens is 1. The van der Waals surface area contributed by atoms with Gasteiger partial charge in [0.15, 0.2) is 21.1 Å². The summed E-state index contributed by atoms with van der Waals surface area (Å²) < 4.78 is 48.8. The van der Waals surface area contributed by atoms with Crippen LogP contribution in [0.15, 0.2) is 31.1 Å². The minimum atomic E-state index is -3.78. The van der Waals surface area contributed by atoms with Gasteiger partial charge in [0, 0.05) is 23.8 Å². The molecule has 0 spiro atoms. The lowest BCUT2D eigenvalue weighted by Gasteiger charge is -2.09. The summed E-state index contributed by atoms with van der Waals surface area (Å²) in [5, 5.41) is 14.5. The molecule has 0 saturated heterocycles. The minimum Gasteiger partial charge on any atom is -0.548 e. The van der Waals surface area contributed by atoms with Gasteiger partial charge in [0.25, 0.3) is 10.0 Å². The number of rotatable bonds is 6. The number of aromatic amines is 1. The fourth-order valence-corrected chi connectivity index (χ4v) is 5.15. The topological polar surface area (TPSA) is 147 Å². The first-order chi connectivity index (χ1) is 12.7. The van der Waals surface area contributed by atoms with Crippen molar-refractivity contribution in [3.05, 3.63) is 34.5 Å². The first-order valence-electron chi connectivity index (χ1n) is 7.56. The van der Waals surface area contributed by atoms with E-state index in [0.717, 1.165) is 21.4 Å². The molecule has 3 rings (SSSR count). The highest BCUT2D eigenvalue weighted by Gasteiger charge is 2.26. The number of sulfonamides is 1. The summed E-state index contributed by atoms with van der Waals surface area (Å²) in [6, 6.07) is 3.58. The van der Waals surface area contributed by atoms with Crippen molar-refractivity contribution >= 4 is 44.0 Å². The average Bonchev–Trinajstić information content (AvgIpc) is 3.26. The van der Waals surface area contributed by atoms with Crippen molar-refractivity contribution in [1.82, 2.24) is 13.1 Å². The lowest BCUT2D eigenvalue weighted by molar-refractivity contribution is 0.460. The molecule has 3 heterocycles. The number of anilines is 2. The maximum atomic E-state index is 12.2. The second-order valence-electron chi connectivity index (χ2n) is 5.67. The first kappa shape index (κ1) is 19.6. The van der Waals surface area contributed by atoms with Gasteiger partial charge in [-0.25, -0.2) is 12.7 Å². The molecule has 27 heavy (non-hydrogen) atoms. The van der Waals surface area contributed by atoms with Gasteiger partial charge in [0.2, 0.25) is 11.3 Å². The van der Waals surface area contributed by atoms with Crippen LogP contribution in [-0.4, -0.2) is 45.2 Å². The number of thiophene rings is 1. The summed E-state index contributed by atoms with van der Waals surface area (Å²) in [5.74, 6) is 1.06. The third kappa shape index (κ3) is 4.06. The summed E-state index contributed by atoms with van der Waals surface area (Å²) in [6.45, 7) is 2.01. The van der Waals surface area contributed by atoms with Crippen molar-refractivity contribution in [2.75, 3.05) is 19.4 Å². The van der Waals surface area contributed by atoms with Crippen LogP contribution in [0.4, 0.5) is 11.5 Å². The van der Waals surface area contributed by atoms with Gasteiger partial charge in [-0.3, -0.25) is 4.99 Å². The van der Waals surface area contributed by atoms with E-state index < -0.39 is 26.9 Å². The van der Waals surface area contributed by atoms with E-state index in [9.17, 15) is 18.1 Å². The summed E-state index contributed by atoms with van der Waals surface area (Å²) in [6.07, 6.45) is 0. The molecule has 146 valence electrons. The van der Waals surface area contributed by atoms with E-state index in [-0.39, 0.29) is 27.7 Å². The number of nitrogens with zero attached hydrogens (tertiary/aromatic N) is 3. The van der Waals surface area contributed by atoms with E-state index in [1.165, 1.54) is 19.5 Å². The zero-order valence-corrected chi connectivity index (χ0v) is 17.0. The molecular formula is C14H17N5O5S3. The van der Waals surface area contributed by atoms with Crippen LogP contribution in [0.2, 0.25) is 0 Å². The highest BCUT2D eigenvalue weighted by Crippen LogP contribution is 2.39. The SMILES string of the molecule is Cc1ccc(CN=c2[nH][s+]([O-])nc2Nc2csc(S(=O)(=O)N(C)C)c2O)o1. The molecule has 0 aliphatic heterocycles. The number of aryl methyl sites for hydroxylation is 1. The number of nitrogens with one attached hydrogen (secondary N) is 2. The Morgan fingerprint density at radius 3 is 2.85 bits per heavy atom. The minimum absolute atomic E-state index is 0.124. The third-order valence-corrected chi connectivity index (χ3v) is 7.49. The smallest absolute Gasteiger partial charge is 0.255 e. The summed E-state index contributed by atoms with van der Waals surface area (Å²) in [7, 11) is -1.04. The Hall–Kier alpha value is -2.19. The van der Waals surface area contributed by atoms with Crippen LogP contribution in [0.5, 0.6) is 5.75 Å². The maximum absolute atomic E-state index is 12.2. The molecule has 0 radical (unpaired) electrons. The second-order valence-corrected chi connectivity index (χ2v) is 9.78. The lowest BCUT2D eigenvalue weighted by Crippen LogP contribution is -2.21. The number of hydrogen-bond acceptors (Lipinski definition) is 9. The van der Waals surface area contributed by atoms with Crippen molar-refractivity contribution < 1.29 is 22.5 Å². The van der Waals surface area contributed by atoms with Crippen LogP contribution in [-0.2, 0) is 16.6 Å². The van der Waals surface area contributed by atoms with Crippen LogP contribution in [0.1, 0.15) is 11.5 Å². The van der Waals surface area contributed by atoms with Crippen molar-refractivity contribution in [3.8, 4) is 5.75 Å². The van der Waals surface area contributed by atoms with E-state index in [1.807, 2.05) is 6.92 Å². The zero-order chi connectivity index (χ0) is 19.8. The Morgan fingerprint density at radius 2 is 2.22 bits per heavy atom. The average molecular weight is 432 g/mol. The molecule has 0 fully saturated rings. The van der Waals surface area contributed by atoms with Gasteiger partial charge < -0.3 is 19.4 Å². The van der Waals surface area contributed by atoms with E-state index >= 15 is 0 Å². The quantitative estimate of drug-likeness (QED) is 0.505. The van der Waals surface area contributed by atoms with Gasteiger partial charge in [-0.2, -0.15) is 0 Å². The Balaban J connectivity index is 1.90. The van der Waals surface area contributed by atoms with E-state index in [2.05, 4.69) is 19.1 Å². The molecule has 0 saturated carbocycles. The predicted molar refractivity (Wildman–Crippen MR) is 100 cm³/mol. The summed E-state index contributed by atoms with van der Waals surface area (Å²) >= 11 is -0.863. The van der Waals surface area contributed by atoms with E-state index in [1.54, 1.807) is 12.1 Å². The standard InChI is InChI=1S/C14H17N5O5S3/c1-8-4-5-9(24-8)6-15-12-13(18-26(21)17-12)16-10-7-25-14(11(10)20)27(22,23)19(2)3/h4-5,7,20H,6H2,1-3H3,(H,15,17)(H,16,18). The van der Waals surface area contributed by atoms with Crippen LogP contribution in [0, 0.1) is 6.92 Å². The summed E-state index contributed by atoms with van der Waals surface area (Å²) in [5.41, 5.74) is 0.339. The molecule has 3 aromatic heterocycles. The van der Waals surface area contributed by atoms with Gasteiger partial charge in [0.1, 0.15) is 11.5 Å². The third-order valence-electron chi connectivity index (χ3n) is 3.47. The monoisotopic (exact) mass is 431 g/mol. The van der Waals surface area contributed by atoms with E-state index in [4.69, 9.17) is 4.42 Å². The Kier molecular flexibility index (Phi) is 5.39. The van der Waals surface area contributed by atoms with Gasteiger partial charge >= 0.3 is 0 Å². The molecule has 3 aromatic rings. The Labute approximate surface area is 162 Å². The van der Waals surface area contributed by atoms with Gasteiger partial charge in [-0.15, -0.1) is 15.7 Å². The number of aromatic nitrogens is 2. The van der Waals surface area contributed by atoms with Crippen molar-refractivity contribution in [2.45, 2.75) is 17.7 Å². The number of aromatic hydroxyl groups is 1. The van der Waals surface area contributed by atoms with Gasteiger partial charge in [-0.1, -0.05) is 0 Å². The predicted octanol–water partition coefficient (Wildman–Crippen LogP) is 1.90. The molecular weight excluding hydrogens is 414 g/mol. The zero-order valence-electron chi connectivity index (χ0n) is 14.6. The van der Waals surface area contributed by atoms with Crippen LogP contribution >= 0.6 is 22.5 Å². The van der Waals surface area contributed by atoms with Crippen molar-refractivity contribution in [1.29, 1.82) is 0 Å². The molecule has 0 aliphatic carbocycles. The number of hydrogen-bond donors (Lipinski definition) is 3. The van der Waals surface area contributed by atoms with Crippen LogP contribution < -0.4 is 10.8 Å². The number of furan rings is 1. The highest BCUT2D eigenvalue weighted by atomic mass is 32.2. The molecule has 1 unspecified atom stereocenters. The summed E-state index contributed by atoms with van der Waals surface area (Å²) in [4.78, 5) is 4.27. The second kappa shape index (κ2) is 7.44. The van der Waals surface area contributed by atoms with Crippen molar-refractivity contribution in [3.63, 3.8) is 0 Å². The van der Waals surface area contributed by atoms with Crippen LogP contribution in [0.25, 0.3) is 0 Å². The highest BCUT2D eigenvalue weighted by molar-refractivity contribution is 7.91.